The van der Waals surface area contributed by atoms with Crippen LogP contribution in [0.2, 0.25) is 0 Å². The van der Waals surface area contributed by atoms with E-state index < -0.39 is 9.84 Å². The minimum absolute atomic E-state index is 0.00668. The molecule has 0 fully saturated rings. The van der Waals surface area contributed by atoms with Crippen molar-refractivity contribution in [2.75, 3.05) is 17.3 Å². The molecule has 1 unspecified atom stereocenters. The summed E-state index contributed by atoms with van der Waals surface area (Å²) in [7, 11) is -2.93. The second-order valence-electron chi connectivity index (χ2n) is 4.45. The van der Waals surface area contributed by atoms with E-state index in [0.29, 0.717) is 12.4 Å². The second-order valence-corrected chi connectivity index (χ2v) is 6.71. The number of nitrogens with zero attached hydrogens (tertiary/aromatic N) is 1. The summed E-state index contributed by atoms with van der Waals surface area (Å²) < 4.78 is 27.6. The minimum Gasteiger partial charge on any atom is -0.424 e. The summed E-state index contributed by atoms with van der Waals surface area (Å²) in [6.45, 7) is 1.90. The summed E-state index contributed by atoms with van der Waals surface area (Å²) >= 11 is 0. The van der Waals surface area contributed by atoms with Gasteiger partial charge in [-0.25, -0.2) is 8.42 Å². The van der Waals surface area contributed by atoms with Crippen LogP contribution in [0.4, 0.5) is 6.01 Å². The molecule has 0 bridgehead atoms. The molecular weight excluding hydrogens is 252 g/mol. The Balaban J connectivity index is 2.00. The molecule has 0 amide bonds. The van der Waals surface area contributed by atoms with E-state index >= 15 is 0 Å². The van der Waals surface area contributed by atoms with E-state index in [9.17, 15) is 8.42 Å². The van der Waals surface area contributed by atoms with Gasteiger partial charge in [-0.2, -0.15) is 4.98 Å². The molecule has 5 nitrogen and oxygen atoms in total. The largest absolute Gasteiger partial charge is 0.424 e. The van der Waals surface area contributed by atoms with Gasteiger partial charge < -0.3 is 9.73 Å². The van der Waals surface area contributed by atoms with E-state index in [0.717, 1.165) is 11.1 Å². The van der Waals surface area contributed by atoms with Crippen molar-refractivity contribution in [3.05, 3.63) is 24.3 Å². The molecule has 2 rings (SSSR count). The fraction of sp³-hybridized carbons (Fsp3) is 0.417. The molecule has 0 aliphatic rings. The third-order valence-corrected chi connectivity index (χ3v) is 3.56. The van der Waals surface area contributed by atoms with E-state index in [2.05, 4.69) is 10.3 Å². The van der Waals surface area contributed by atoms with Crippen molar-refractivity contribution in [1.82, 2.24) is 4.98 Å². The number of oxazole rings is 1. The van der Waals surface area contributed by atoms with Gasteiger partial charge in [-0.15, -0.1) is 0 Å². The highest BCUT2D eigenvalue weighted by atomic mass is 32.2. The molecule has 0 spiro atoms. The van der Waals surface area contributed by atoms with Crippen LogP contribution in [0.3, 0.4) is 0 Å². The molecule has 18 heavy (non-hydrogen) atoms. The zero-order valence-electron chi connectivity index (χ0n) is 10.4. The van der Waals surface area contributed by atoms with E-state index in [1.165, 1.54) is 6.26 Å². The monoisotopic (exact) mass is 268 g/mol. The summed E-state index contributed by atoms with van der Waals surface area (Å²) in [5.74, 6) is 0.154. The van der Waals surface area contributed by atoms with E-state index in [1.54, 1.807) is 0 Å². The van der Waals surface area contributed by atoms with E-state index in [-0.39, 0.29) is 11.8 Å². The van der Waals surface area contributed by atoms with Crippen LogP contribution >= 0.6 is 0 Å². The number of fused-ring (bicyclic) bond motifs is 1. The zero-order chi connectivity index (χ0) is 13.2. The first-order chi connectivity index (χ1) is 8.44. The maximum Gasteiger partial charge on any atom is 0.295 e. The van der Waals surface area contributed by atoms with Crippen LogP contribution in [0.25, 0.3) is 11.1 Å². The summed E-state index contributed by atoms with van der Waals surface area (Å²) in [4.78, 5) is 4.27. The second kappa shape index (κ2) is 4.97. The zero-order valence-corrected chi connectivity index (χ0v) is 11.2. The van der Waals surface area contributed by atoms with Crippen LogP contribution in [0.5, 0.6) is 0 Å². The molecule has 1 aromatic carbocycles. The Morgan fingerprint density at radius 3 is 2.78 bits per heavy atom. The molecule has 1 atom stereocenters. The quantitative estimate of drug-likeness (QED) is 0.898. The third kappa shape index (κ3) is 3.46. The topological polar surface area (TPSA) is 72.2 Å². The fourth-order valence-corrected chi connectivity index (χ4v) is 2.39. The Bertz CT molecular complexity index is 601. The SMILES string of the molecule is CC(CCS(C)(=O)=O)Nc1nc2ccccc2o1. The molecule has 0 saturated carbocycles. The van der Waals surface area contributed by atoms with E-state index in [4.69, 9.17) is 4.42 Å². The molecule has 1 N–H and O–H groups in total. The van der Waals surface area contributed by atoms with Crippen LogP contribution in [0.1, 0.15) is 13.3 Å². The van der Waals surface area contributed by atoms with Crippen LogP contribution < -0.4 is 5.32 Å². The highest BCUT2D eigenvalue weighted by molar-refractivity contribution is 7.90. The number of anilines is 1. The van der Waals surface area contributed by atoms with Gasteiger partial charge in [0, 0.05) is 12.3 Å². The molecule has 6 heteroatoms. The lowest BCUT2D eigenvalue weighted by Crippen LogP contribution is -2.19. The van der Waals surface area contributed by atoms with Crippen molar-refractivity contribution in [2.24, 2.45) is 0 Å². The number of aromatic nitrogens is 1. The Labute approximate surface area is 106 Å². The Morgan fingerprint density at radius 2 is 2.11 bits per heavy atom. The first kappa shape index (κ1) is 12.9. The molecule has 0 saturated heterocycles. The number of benzene rings is 1. The lowest BCUT2D eigenvalue weighted by molar-refractivity contribution is 0.583. The van der Waals surface area contributed by atoms with Crippen LogP contribution in [0, 0.1) is 0 Å². The fourth-order valence-electron chi connectivity index (χ4n) is 1.61. The number of hydrogen-bond donors (Lipinski definition) is 1. The molecule has 98 valence electrons. The number of rotatable bonds is 5. The Hall–Kier alpha value is -1.56. The molecule has 1 aromatic heterocycles. The smallest absolute Gasteiger partial charge is 0.295 e. The minimum atomic E-state index is -2.93. The Morgan fingerprint density at radius 1 is 1.39 bits per heavy atom. The molecular formula is C12H16N2O3S. The number of sulfone groups is 1. The van der Waals surface area contributed by atoms with Gasteiger partial charge in [-0.1, -0.05) is 12.1 Å². The summed E-state index contributed by atoms with van der Waals surface area (Å²) in [5, 5.41) is 3.06. The van der Waals surface area contributed by atoms with Crippen LogP contribution in [-0.2, 0) is 9.84 Å². The number of para-hydroxylation sites is 2. The Kier molecular flexibility index (Phi) is 3.56. The first-order valence-corrected chi connectivity index (χ1v) is 7.80. The van der Waals surface area contributed by atoms with Crippen LogP contribution in [-0.4, -0.2) is 31.5 Å². The van der Waals surface area contributed by atoms with Crippen molar-refractivity contribution >= 4 is 27.0 Å². The average Bonchev–Trinajstić information content (AvgIpc) is 2.67. The average molecular weight is 268 g/mol. The standard InChI is InChI=1S/C12H16N2O3S/c1-9(7-8-18(2,15)16)13-12-14-10-5-3-4-6-11(10)17-12/h3-6,9H,7-8H2,1-2H3,(H,13,14). The lowest BCUT2D eigenvalue weighted by atomic mass is 10.3. The highest BCUT2D eigenvalue weighted by Crippen LogP contribution is 2.19. The molecule has 2 aromatic rings. The molecule has 1 heterocycles. The van der Waals surface area contributed by atoms with E-state index in [1.807, 2.05) is 31.2 Å². The van der Waals surface area contributed by atoms with Gasteiger partial charge in [-0.3, -0.25) is 0 Å². The van der Waals surface area contributed by atoms with Crippen molar-refractivity contribution in [1.29, 1.82) is 0 Å². The van der Waals surface area contributed by atoms with Gasteiger partial charge in [0.25, 0.3) is 6.01 Å². The molecule has 0 aliphatic carbocycles. The van der Waals surface area contributed by atoms with Gasteiger partial charge in [0.2, 0.25) is 0 Å². The molecule has 0 radical (unpaired) electrons. The summed E-state index contributed by atoms with van der Waals surface area (Å²) in [6.07, 6.45) is 1.76. The summed E-state index contributed by atoms with van der Waals surface area (Å²) in [5.41, 5.74) is 1.51. The maximum absolute atomic E-state index is 11.1. The number of hydrogen-bond acceptors (Lipinski definition) is 5. The normalized spacial score (nSPS) is 13.7. The molecule has 0 aliphatic heterocycles. The highest BCUT2D eigenvalue weighted by Gasteiger charge is 2.11. The predicted octanol–water partition coefficient (Wildman–Crippen LogP) is 2.06. The third-order valence-electron chi connectivity index (χ3n) is 2.59. The number of nitrogens with one attached hydrogen (secondary N) is 1. The summed E-state index contributed by atoms with van der Waals surface area (Å²) in [6, 6.07) is 7.90. The van der Waals surface area contributed by atoms with Gasteiger partial charge >= 0.3 is 0 Å². The maximum atomic E-state index is 11.1. The van der Waals surface area contributed by atoms with Gasteiger partial charge in [0.15, 0.2) is 5.58 Å². The lowest BCUT2D eigenvalue weighted by Gasteiger charge is -2.10. The van der Waals surface area contributed by atoms with Crippen molar-refractivity contribution in [3.8, 4) is 0 Å². The van der Waals surface area contributed by atoms with Gasteiger partial charge in [0.05, 0.1) is 5.75 Å². The van der Waals surface area contributed by atoms with Gasteiger partial charge in [-0.05, 0) is 25.5 Å². The van der Waals surface area contributed by atoms with Crippen molar-refractivity contribution in [3.63, 3.8) is 0 Å². The van der Waals surface area contributed by atoms with Gasteiger partial charge in [0.1, 0.15) is 15.4 Å². The van der Waals surface area contributed by atoms with Crippen molar-refractivity contribution in [2.45, 2.75) is 19.4 Å². The van der Waals surface area contributed by atoms with Crippen molar-refractivity contribution < 1.29 is 12.8 Å². The first-order valence-electron chi connectivity index (χ1n) is 5.74. The predicted molar refractivity (Wildman–Crippen MR) is 71.4 cm³/mol. The van der Waals surface area contributed by atoms with Crippen LogP contribution in [0.15, 0.2) is 28.7 Å².